The monoisotopic (exact) mass is 231 g/mol. The summed E-state index contributed by atoms with van der Waals surface area (Å²) < 4.78 is 0. The van der Waals surface area contributed by atoms with Gasteiger partial charge >= 0.3 is 0 Å². The van der Waals surface area contributed by atoms with Crippen LogP contribution in [0.25, 0.3) is 0 Å². The summed E-state index contributed by atoms with van der Waals surface area (Å²) in [5, 5.41) is 8.06. The molecule has 2 amide bonds. The second-order valence-corrected chi connectivity index (χ2v) is 3.86. The third kappa shape index (κ3) is 2.18. The number of para-hydroxylation sites is 1. The molecule has 1 aliphatic heterocycles. The molecule has 0 spiro atoms. The van der Waals surface area contributed by atoms with Crippen LogP contribution in [0.3, 0.4) is 0 Å². The summed E-state index contributed by atoms with van der Waals surface area (Å²) in [6.45, 7) is 3.10. The summed E-state index contributed by atoms with van der Waals surface area (Å²) in [6, 6.07) is 8.48. The Hall–Kier alpha value is -2.17. The fourth-order valence-corrected chi connectivity index (χ4v) is 1.69. The van der Waals surface area contributed by atoms with Gasteiger partial charge in [-0.15, -0.1) is 0 Å². The van der Waals surface area contributed by atoms with E-state index in [1.807, 2.05) is 18.2 Å². The molecule has 0 saturated heterocycles. The van der Waals surface area contributed by atoms with Crippen LogP contribution in [0, 0.1) is 0 Å². The summed E-state index contributed by atoms with van der Waals surface area (Å²) >= 11 is 0. The van der Waals surface area contributed by atoms with Gasteiger partial charge in [0, 0.05) is 6.92 Å². The van der Waals surface area contributed by atoms with Gasteiger partial charge < -0.3 is 5.32 Å². The number of carbonyl (C=O) groups is 2. The topological polar surface area (TPSA) is 61.8 Å². The lowest BCUT2D eigenvalue weighted by Gasteiger charge is -2.14. The molecule has 0 saturated carbocycles. The first-order chi connectivity index (χ1) is 8.09. The number of hydrogen-bond donors (Lipinski definition) is 1. The number of anilines is 1. The van der Waals surface area contributed by atoms with Crippen LogP contribution in [-0.2, 0) is 9.59 Å². The van der Waals surface area contributed by atoms with Crippen molar-refractivity contribution in [2.45, 2.75) is 19.9 Å². The smallest absolute Gasteiger partial charge is 0.275 e. The number of hydrogen-bond acceptors (Lipinski definition) is 3. The van der Waals surface area contributed by atoms with Gasteiger partial charge in [-0.3, -0.25) is 9.59 Å². The zero-order valence-electron chi connectivity index (χ0n) is 9.68. The van der Waals surface area contributed by atoms with Gasteiger partial charge in [-0.1, -0.05) is 18.2 Å². The molecule has 0 fully saturated rings. The highest BCUT2D eigenvalue weighted by Crippen LogP contribution is 2.19. The second-order valence-electron chi connectivity index (χ2n) is 3.86. The van der Waals surface area contributed by atoms with Gasteiger partial charge in [0.25, 0.3) is 5.91 Å². The van der Waals surface area contributed by atoms with Crippen LogP contribution in [0.1, 0.15) is 13.8 Å². The maximum absolute atomic E-state index is 12.0. The lowest BCUT2D eigenvalue weighted by atomic mass is 10.2. The Bertz CT molecular complexity index is 482. The van der Waals surface area contributed by atoms with Gasteiger partial charge in [0.1, 0.15) is 0 Å². The van der Waals surface area contributed by atoms with Crippen LogP contribution >= 0.6 is 0 Å². The van der Waals surface area contributed by atoms with E-state index in [0.29, 0.717) is 11.4 Å². The molecule has 17 heavy (non-hydrogen) atoms. The number of nitrogens with one attached hydrogen (secondary N) is 1. The number of carbonyl (C=O) groups excluding carboxylic acids is 2. The van der Waals surface area contributed by atoms with E-state index in [4.69, 9.17) is 0 Å². The Morgan fingerprint density at radius 2 is 2.00 bits per heavy atom. The normalized spacial score (nSPS) is 19.2. The van der Waals surface area contributed by atoms with E-state index in [-0.39, 0.29) is 11.8 Å². The number of benzene rings is 1. The van der Waals surface area contributed by atoms with Crippen molar-refractivity contribution in [2.24, 2.45) is 5.10 Å². The predicted octanol–water partition coefficient (Wildman–Crippen LogP) is 0.914. The van der Waals surface area contributed by atoms with Crippen LogP contribution in [0.5, 0.6) is 0 Å². The summed E-state index contributed by atoms with van der Waals surface area (Å²) in [4.78, 5) is 23.0. The van der Waals surface area contributed by atoms with Crippen LogP contribution < -0.4 is 10.3 Å². The van der Waals surface area contributed by atoms with Gasteiger partial charge in [0.2, 0.25) is 5.91 Å². The average molecular weight is 231 g/mol. The molecule has 1 atom stereocenters. The Kier molecular flexibility index (Phi) is 2.91. The maximum Gasteiger partial charge on any atom is 0.275 e. The first-order valence-electron chi connectivity index (χ1n) is 5.31. The largest absolute Gasteiger partial charge is 0.340 e. The standard InChI is InChI=1S/C12H13N3O2/c1-8-11(13-9(2)16)12(17)15(14-8)10-6-4-3-5-7-10/h3-7,11H,1-2H3,(H,13,16)/t11-/m1/s1. The van der Waals surface area contributed by atoms with Crippen LogP contribution in [0.2, 0.25) is 0 Å². The van der Waals surface area contributed by atoms with E-state index in [0.717, 1.165) is 0 Å². The zero-order valence-corrected chi connectivity index (χ0v) is 9.68. The van der Waals surface area contributed by atoms with Crippen molar-refractivity contribution in [3.8, 4) is 0 Å². The molecule has 0 aromatic heterocycles. The molecule has 0 aliphatic carbocycles. The fourth-order valence-electron chi connectivity index (χ4n) is 1.69. The van der Waals surface area contributed by atoms with Crippen molar-refractivity contribution in [1.82, 2.24) is 5.32 Å². The molecule has 1 aromatic rings. The Morgan fingerprint density at radius 1 is 1.35 bits per heavy atom. The van der Waals surface area contributed by atoms with E-state index < -0.39 is 6.04 Å². The highest BCUT2D eigenvalue weighted by atomic mass is 16.2. The summed E-state index contributed by atoms with van der Waals surface area (Å²) in [6.07, 6.45) is 0. The van der Waals surface area contributed by atoms with E-state index in [9.17, 15) is 9.59 Å². The van der Waals surface area contributed by atoms with Crippen LogP contribution in [-0.4, -0.2) is 23.6 Å². The molecule has 1 heterocycles. The molecule has 0 radical (unpaired) electrons. The molecule has 1 aliphatic rings. The molecule has 0 unspecified atom stereocenters. The quantitative estimate of drug-likeness (QED) is 0.822. The summed E-state index contributed by atoms with van der Waals surface area (Å²) in [5.74, 6) is -0.475. The zero-order chi connectivity index (χ0) is 12.4. The van der Waals surface area contributed by atoms with Crippen LogP contribution in [0.4, 0.5) is 5.69 Å². The van der Waals surface area contributed by atoms with Gasteiger partial charge in [-0.05, 0) is 19.1 Å². The van der Waals surface area contributed by atoms with Crippen LogP contribution in [0.15, 0.2) is 35.4 Å². The minimum absolute atomic E-state index is 0.232. The van der Waals surface area contributed by atoms with E-state index in [2.05, 4.69) is 10.4 Å². The third-order valence-corrected chi connectivity index (χ3v) is 2.48. The van der Waals surface area contributed by atoms with Crippen molar-refractivity contribution < 1.29 is 9.59 Å². The Morgan fingerprint density at radius 3 is 2.59 bits per heavy atom. The van der Waals surface area contributed by atoms with E-state index >= 15 is 0 Å². The number of amides is 2. The van der Waals surface area contributed by atoms with Gasteiger partial charge in [-0.25, -0.2) is 0 Å². The molecule has 5 nitrogen and oxygen atoms in total. The van der Waals surface area contributed by atoms with Gasteiger partial charge in [0.15, 0.2) is 6.04 Å². The highest BCUT2D eigenvalue weighted by molar-refractivity contribution is 6.19. The van der Waals surface area contributed by atoms with Crippen molar-refractivity contribution in [1.29, 1.82) is 0 Å². The molecular formula is C12H13N3O2. The molecule has 2 rings (SSSR count). The maximum atomic E-state index is 12.0. The van der Waals surface area contributed by atoms with Crippen molar-refractivity contribution in [2.75, 3.05) is 5.01 Å². The average Bonchev–Trinajstić information content (AvgIpc) is 2.58. The summed E-state index contributed by atoms with van der Waals surface area (Å²) in [5.41, 5.74) is 1.29. The molecule has 5 heteroatoms. The molecular weight excluding hydrogens is 218 g/mol. The lowest BCUT2D eigenvalue weighted by molar-refractivity contribution is -0.124. The lowest BCUT2D eigenvalue weighted by Crippen LogP contribution is -2.44. The Labute approximate surface area is 99.1 Å². The van der Waals surface area contributed by atoms with E-state index in [1.165, 1.54) is 11.9 Å². The van der Waals surface area contributed by atoms with Crippen molar-refractivity contribution in [3.63, 3.8) is 0 Å². The second kappa shape index (κ2) is 4.37. The highest BCUT2D eigenvalue weighted by Gasteiger charge is 2.34. The minimum Gasteiger partial charge on any atom is -0.340 e. The number of rotatable bonds is 2. The van der Waals surface area contributed by atoms with Gasteiger partial charge in [-0.2, -0.15) is 10.1 Å². The SMILES string of the molecule is CC(=O)N[C@H]1C(=O)N(c2ccccc2)N=C1C. The first kappa shape index (κ1) is 11.3. The minimum atomic E-state index is -0.646. The fraction of sp³-hybridized carbons (Fsp3) is 0.250. The predicted molar refractivity (Wildman–Crippen MR) is 64.6 cm³/mol. The van der Waals surface area contributed by atoms with Crippen molar-refractivity contribution >= 4 is 23.2 Å². The van der Waals surface area contributed by atoms with E-state index in [1.54, 1.807) is 19.1 Å². The molecule has 88 valence electrons. The Balaban J connectivity index is 2.24. The van der Waals surface area contributed by atoms with Gasteiger partial charge in [0.05, 0.1) is 11.4 Å². The van der Waals surface area contributed by atoms with Crippen molar-refractivity contribution in [3.05, 3.63) is 30.3 Å². The summed E-state index contributed by atoms with van der Waals surface area (Å²) in [7, 11) is 0. The molecule has 1 N–H and O–H groups in total. The number of hydrazone groups is 1. The third-order valence-electron chi connectivity index (χ3n) is 2.48. The first-order valence-corrected chi connectivity index (χ1v) is 5.31. The molecule has 1 aromatic carbocycles. The number of nitrogens with zero attached hydrogens (tertiary/aromatic N) is 2. The molecule has 0 bridgehead atoms.